The predicted octanol–water partition coefficient (Wildman–Crippen LogP) is 3.16. The SMILES string of the molecule is CC(=O)c1nc(-c2ccc(C)cc2)oc1C. The van der Waals surface area contributed by atoms with E-state index >= 15 is 0 Å². The van der Waals surface area contributed by atoms with Crippen LogP contribution in [0.25, 0.3) is 11.5 Å². The monoisotopic (exact) mass is 215 g/mol. The first-order chi connectivity index (χ1) is 7.58. The van der Waals surface area contributed by atoms with Crippen molar-refractivity contribution >= 4 is 5.78 Å². The lowest BCUT2D eigenvalue weighted by Crippen LogP contribution is -1.94. The van der Waals surface area contributed by atoms with Gasteiger partial charge in [-0.1, -0.05) is 17.7 Å². The van der Waals surface area contributed by atoms with Crippen LogP contribution >= 0.6 is 0 Å². The summed E-state index contributed by atoms with van der Waals surface area (Å²) in [6.07, 6.45) is 0. The van der Waals surface area contributed by atoms with Crippen molar-refractivity contribution in [3.05, 3.63) is 41.3 Å². The molecular weight excluding hydrogens is 202 g/mol. The van der Waals surface area contributed by atoms with Crippen molar-refractivity contribution in [3.63, 3.8) is 0 Å². The third kappa shape index (κ3) is 1.89. The first kappa shape index (κ1) is 10.6. The van der Waals surface area contributed by atoms with Crippen molar-refractivity contribution in [2.75, 3.05) is 0 Å². The van der Waals surface area contributed by atoms with Crippen molar-refractivity contribution < 1.29 is 9.21 Å². The Kier molecular flexibility index (Phi) is 2.60. The average Bonchev–Trinajstić information content (AvgIpc) is 2.61. The van der Waals surface area contributed by atoms with E-state index < -0.39 is 0 Å². The summed E-state index contributed by atoms with van der Waals surface area (Å²) in [5.74, 6) is 1.00. The molecule has 0 radical (unpaired) electrons. The van der Waals surface area contributed by atoms with Crippen LogP contribution < -0.4 is 0 Å². The molecule has 1 heterocycles. The maximum atomic E-state index is 11.2. The molecule has 0 aliphatic rings. The Balaban J connectivity index is 2.45. The molecule has 3 heteroatoms. The maximum absolute atomic E-state index is 11.2. The third-order valence-electron chi connectivity index (χ3n) is 2.43. The number of oxazole rings is 1. The van der Waals surface area contributed by atoms with Gasteiger partial charge in [-0.3, -0.25) is 4.79 Å². The molecule has 1 aromatic heterocycles. The molecule has 0 bridgehead atoms. The number of Topliss-reactive ketones (excluding diaryl/α,β-unsaturated/α-hetero) is 1. The van der Waals surface area contributed by atoms with E-state index in [2.05, 4.69) is 4.98 Å². The molecule has 0 unspecified atom stereocenters. The van der Waals surface area contributed by atoms with Crippen molar-refractivity contribution in [1.82, 2.24) is 4.98 Å². The van der Waals surface area contributed by atoms with Crippen LogP contribution in [0.4, 0.5) is 0 Å². The topological polar surface area (TPSA) is 43.1 Å². The largest absolute Gasteiger partial charge is 0.441 e. The second-order valence-corrected chi connectivity index (χ2v) is 3.85. The van der Waals surface area contributed by atoms with E-state index in [1.165, 1.54) is 12.5 Å². The zero-order valence-electron chi connectivity index (χ0n) is 9.57. The minimum atomic E-state index is -0.0698. The molecule has 0 atom stereocenters. The molecule has 0 saturated carbocycles. The predicted molar refractivity (Wildman–Crippen MR) is 61.4 cm³/mol. The second-order valence-electron chi connectivity index (χ2n) is 3.85. The number of carbonyl (C=O) groups excluding carboxylic acids is 1. The van der Waals surface area contributed by atoms with Gasteiger partial charge in [-0.25, -0.2) is 4.98 Å². The number of nitrogens with zero attached hydrogens (tertiary/aromatic N) is 1. The summed E-state index contributed by atoms with van der Waals surface area (Å²) in [6.45, 7) is 5.26. The van der Waals surface area contributed by atoms with Gasteiger partial charge in [-0.05, 0) is 26.0 Å². The molecule has 0 N–H and O–H groups in total. The highest BCUT2D eigenvalue weighted by atomic mass is 16.4. The lowest BCUT2D eigenvalue weighted by Gasteiger charge is -1.95. The quantitative estimate of drug-likeness (QED) is 0.723. The van der Waals surface area contributed by atoms with Crippen LogP contribution in [0.2, 0.25) is 0 Å². The van der Waals surface area contributed by atoms with Gasteiger partial charge in [0.15, 0.2) is 5.78 Å². The molecule has 0 fully saturated rings. The molecule has 0 amide bonds. The number of hydrogen-bond donors (Lipinski definition) is 0. The number of rotatable bonds is 2. The van der Waals surface area contributed by atoms with E-state index in [0.29, 0.717) is 17.3 Å². The maximum Gasteiger partial charge on any atom is 0.226 e. The van der Waals surface area contributed by atoms with E-state index in [1.54, 1.807) is 6.92 Å². The second kappa shape index (κ2) is 3.93. The summed E-state index contributed by atoms with van der Waals surface area (Å²) in [6, 6.07) is 7.85. The molecule has 0 aliphatic carbocycles. The Labute approximate surface area is 94.1 Å². The number of benzene rings is 1. The molecule has 0 saturated heterocycles. The van der Waals surface area contributed by atoms with E-state index in [1.807, 2.05) is 31.2 Å². The van der Waals surface area contributed by atoms with Gasteiger partial charge in [0.1, 0.15) is 11.5 Å². The Morgan fingerprint density at radius 1 is 1.19 bits per heavy atom. The van der Waals surface area contributed by atoms with Gasteiger partial charge in [0.2, 0.25) is 5.89 Å². The van der Waals surface area contributed by atoms with E-state index in [9.17, 15) is 4.79 Å². The lowest BCUT2D eigenvalue weighted by molar-refractivity contribution is 0.101. The van der Waals surface area contributed by atoms with Crippen molar-refractivity contribution in [2.24, 2.45) is 0 Å². The van der Waals surface area contributed by atoms with Gasteiger partial charge < -0.3 is 4.42 Å². The summed E-state index contributed by atoms with van der Waals surface area (Å²) in [7, 11) is 0. The fourth-order valence-corrected chi connectivity index (χ4v) is 1.54. The Hall–Kier alpha value is -1.90. The zero-order chi connectivity index (χ0) is 11.7. The fourth-order valence-electron chi connectivity index (χ4n) is 1.54. The third-order valence-corrected chi connectivity index (χ3v) is 2.43. The van der Waals surface area contributed by atoms with Gasteiger partial charge in [-0.15, -0.1) is 0 Å². The Morgan fingerprint density at radius 3 is 2.31 bits per heavy atom. The van der Waals surface area contributed by atoms with Crippen LogP contribution in [-0.4, -0.2) is 10.8 Å². The molecule has 3 nitrogen and oxygen atoms in total. The van der Waals surface area contributed by atoms with E-state index in [0.717, 1.165) is 5.56 Å². The minimum Gasteiger partial charge on any atom is -0.441 e. The van der Waals surface area contributed by atoms with Gasteiger partial charge in [0.25, 0.3) is 0 Å². The van der Waals surface area contributed by atoms with E-state index in [-0.39, 0.29) is 5.78 Å². The van der Waals surface area contributed by atoms with Crippen LogP contribution in [0.1, 0.15) is 28.7 Å². The fraction of sp³-hybridized carbons (Fsp3) is 0.231. The first-order valence-corrected chi connectivity index (χ1v) is 5.13. The average molecular weight is 215 g/mol. The van der Waals surface area contributed by atoms with Crippen molar-refractivity contribution in [2.45, 2.75) is 20.8 Å². The van der Waals surface area contributed by atoms with Crippen LogP contribution in [0.5, 0.6) is 0 Å². The summed E-state index contributed by atoms with van der Waals surface area (Å²) in [5, 5.41) is 0. The molecule has 82 valence electrons. The molecule has 0 aliphatic heterocycles. The Bertz CT molecular complexity index is 523. The standard InChI is InChI=1S/C13H13NO2/c1-8-4-6-11(7-5-8)13-14-12(9(2)15)10(3)16-13/h4-7H,1-3H3. The number of aryl methyl sites for hydroxylation is 2. The van der Waals surface area contributed by atoms with Crippen LogP contribution in [0.15, 0.2) is 28.7 Å². The highest BCUT2D eigenvalue weighted by molar-refractivity contribution is 5.93. The molecule has 2 rings (SSSR count). The number of carbonyl (C=O) groups is 1. The van der Waals surface area contributed by atoms with Gasteiger partial charge in [-0.2, -0.15) is 0 Å². The molecule has 16 heavy (non-hydrogen) atoms. The van der Waals surface area contributed by atoms with E-state index in [4.69, 9.17) is 4.42 Å². The minimum absolute atomic E-state index is 0.0698. The zero-order valence-corrected chi connectivity index (χ0v) is 9.57. The molecule has 1 aromatic carbocycles. The van der Waals surface area contributed by atoms with Crippen LogP contribution in [0.3, 0.4) is 0 Å². The van der Waals surface area contributed by atoms with Gasteiger partial charge in [0.05, 0.1) is 0 Å². The van der Waals surface area contributed by atoms with Crippen LogP contribution in [0, 0.1) is 13.8 Å². The molecule has 0 spiro atoms. The number of aromatic nitrogens is 1. The summed E-state index contributed by atoms with van der Waals surface area (Å²) in [4.78, 5) is 15.4. The normalized spacial score (nSPS) is 10.4. The van der Waals surface area contributed by atoms with Crippen molar-refractivity contribution in [1.29, 1.82) is 0 Å². The molecule has 2 aromatic rings. The summed E-state index contributed by atoms with van der Waals surface area (Å²) < 4.78 is 5.47. The number of ketones is 1. The summed E-state index contributed by atoms with van der Waals surface area (Å²) in [5.41, 5.74) is 2.48. The molecular formula is C13H13NO2. The smallest absolute Gasteiger partial charge is 0.226 e. The van der Waals surface area contributed by atoms with Crippen molar-refractivity contribution in [3.8, 4) is 11.5 Å². The number of hydrogen-bond acceptors (Lipinski definition) is 3. The Morgan fingerprint density at radius 2 is 1.81 bits per heavy atom. The first-order valence-electron chi connectivity index (χ1n) is 5.13. The van der Waals surface area contributed by atoms with Gasteiger partial charge in [0, 0.05) is 12.5 Å². The highest BCUT2D eigenvalue weighted by Gasteiger charge is 2.14. The lowest BCUT2D eigenvalue weighted by atomic mass is 10.1. The highest BCUT2D eigenvalue weighted by Crippen LogP contribution is 2.22. The van der Waals surface area contributed by atoms with Crippen LogP contribution in [-0.2, 0) is 0 Å². The van der Waals surface area contributed by atoms with Gasteiger partial charge >= 0.3 is 0 Å². The summed E-state index contributed by atoms with van der Waals surface area (Å²) >= 11 is 0.